The molecule has 0 heterocycles. The quantitative estimate of drug-likeness (QED) is 0.124. The molecule has 0 spiro atoms. The van der Waals surface area contributed by atoms with E-state index in [0.29, 0.717) is 0 Å². The molecule has 0 unspecified atom stereocenters. The molecule has 0 atom stereocenters. The van der Waals surface area contributed by atoms with Gasteiger partial charge in [0.1, 0.15) is 0 Å². The fraction of sp³-hybridized carbons (Fsp3) is 1.00. The minimum absolute atomic E-state index is 0. The minimum atomic E-state index is -1.04. The summed E-state index contributed by atoms with van der Waals surface area (Å²) < 4.78 is 5.17. The fourth-order valence-corrected chi connectivity index (χ4v) is 11.7. The van der Waals surface area contributed by atoms with Crippen molar-refractivity contribution < 1.29 is 27.2 Å². The van der Waals surface area contributed by atoms with E-state index >= 15 is 0 Å². The molecule has 0 aliphatic carbocycles. The van der Waals surface area contributed by atoms with Gasteiger partial charge in [0.2, 0.25) is 0 Å². The molecule has 0 aliphatic rings. The molecule has 0 saturated carbocycles. The van der Waals surface area contributed by atoms with Gasteiger partial charge in [-0.15, -0.1) is 0 Å². The van der Waals surface area contributed by atoms with Crippen LogP contribution in [0.4, 0.5) is 0 Å². The van der Waals surface area contributed by atoms with E-state index in [-0.39, 0.29) is 5.48 Å². The van der Waals surface area contributed by atoms with Crippen molar-refractivity contribution in [2.24, 2.45) is 0 Å². The summed E-state index contributed by atoms with van der Waals surface area (Å²) in [5.74, 6) is 0. The average molecular weight is 490 g/mol. The molecule has 176 valence electrons. The molecular weight excluding hydrogens is 432 g/mol. The standard InChI is InChI=1S/3C9H19.H2O.Zr/c3*1-3-5-7-9-8-6-4-2;;/h3*1,3-9H2,2H3;1H2;/q;;;;+1/p-1. The van der Waals surface area contributed by atoms with Crippen LogP contribution in [0.25, 0.3) is 0 Å². The summed E-state index contributed by atoms with van der Waals surface area (Å²) in [6.45, 7) is 6.98. The van der Waals surface area contributed by atoms with Crippen molar-refractivity contribution in [1.82, 2.24) is 0 Å². The normalized spacial score (nSPS) is 10.9. The first-order chi connectivity index (χ1) is 13.8. The molecule has 1 N–H and O–H groups in total. The predicted octanol–water partition coefficient (Wildman–Crippen LogP) is 10.9. The predicted molar refractivity (Wildman–Crippen MR) is 130 cm³/mol. The molecule has 0 radical (unpaired) electrons. The molecule has 0 bridgehead atoms. The van der Waals surface area contributed by atoms with Crippen LogP contribution < -0.4 is 0 Å². The van der Waals surface area contributed by atoms with E-state index < -0.39 is 21.8 Å². The van der Waals surface area contributed by atoms with E-state index in [1.165, 1.54) is 96.3 Å². The van der Waals surface area contributed by atoms with E-state index in [9.17, 15) is 0 Å². The third kappa shape index (κ3) is 26.8. The van der Waals surface area contributed by atoms with Crippen LogP contribution in [0, 0.1) is 0 Å². The summed E-state index contributed by atoms with van der Waals surface area (Å²) in [6, 6.07) is 0. The van der Waals surface area contributed by atoms with Gasteiger partial charge < -0.3 is 5.48 Å². The fourth-order valence-electron chi connectivity index (χ4n) is 4.37. The zero-order valence-corrected chi connectivity index (χ0v) is 23.4. The van der Waals surface area contributed by atoms with Crippen LogP contribution in [-0.4, -0.2) is 5.48 Å². The van der Waals surface area contributed by atoms with Crippen molar-refractivity contribution in [3.8, 4) is 0 Å². The van der Waals surface area contributed by atoms with Crippen molar-refractivity contribution in [3.05, 3.63) is 0 Å². The summed E-state index contributed by atoms with van der Waals surface area (Å²) in [5, 5.41) is 0. The molecule has 1 nitrogen and oxygen atoms in total. The summed E-state index contributed by atoms with van der Waals surface area (Å²) in [5.41, 5.74) is 0. The van der Waals surface area contributed by atoms with E-state index in [0.717, 1.165) is 0 Å². The van der Waals surface area contributed by atoms with Crippen LogP contribution in [0.2, 0.25) is 12.4 Å². The molecule has 0 aromatic heterocycles. The van der Waals surface area contributed by atoms with E-state index in [1.807, 2.05) is 0 Å². The van der Waals surface area contributed by atoms with Crippen molar-refractivity contribution >= 4 is 0 Å². The Kier molecular flexibility index (Phi) is 31.9. The van der Waals surface area contributed by atoms with Gasteiger partial charge in [-0.2, -0.15) is 0 Å². The first kappa shape index (κ1) is 32.0. The maximum Gasteiger partial charge on any atom is -0.870 e. The Morgan fingerprint density at radius 2 is 0.517 bits per heavy atom. The Morgan fingerprint density at radius 1 is 0.310 bits per heavy atom. The second-order valence-corrected chi connectivity index (χ2v) is 16.7. The molecular formula is C27H58OZr. The molecule has 0 amide bonds. The minimum Gasteiger partial charge on any atom is -0.870 e. The Balaban J connectivity index is 0. The largest absolute Gasteiger partial charge is 0.870 e. The Bertz CT molecular complexity index is 226. The third-order valence-corrected chi connectivity index (χ3v) is 14.2. The van der Waals surface area contributed by atoms with Gasteiger partial charge in [0, 0.05) is 0 Å². The first-order valence-electron chi connectivity index (χ1n) is 13.7. The van der Waals surface area contributed by atoms with Gasteiger partial charge in [-0.25, -0.2) is 0 Å². The molecule has 29 heavy (non-hydrogen) atoms. The molecule has 2 heteroatoms. The van der Waals surface area contributed by atoms with E-state index in [2.05, 4.69) is 20.8 Å². The Labute approximate surface area is 194 Å². The van der Waals surface area contributed by atoms with Gasteiger partial charge in [0.05, 0.1) is 0 Å². The van der Waals surface area contributed by atoms with Gasteiger partial charge in [0.25, 0.3) is 0 Å². The van der Waals surface area contributed by atoms with Gasteiger partial charge in [-0.3, -0.25) is 0 Å². The zero-order chi connectivity index (χ0) is 20.5. The summed E-state index contributed by atoms with van der Waals surface area (Å²) in [7, 11) is 0. The van der Waals surface area contributed by atoms with Crippen molar-refractivity contribution in [3.63, 3.8) is 0 Å². The smallest absolute Gasteiger partial charge is 0.870 e. The Hall–Kier alpha value is 0.843. The van der Waals surface area contributed by atoms with Crippen molar-refractivity contribution in [2.45, 2.75) is 168 Å². The van der Waals surface area contributed by atoms with Crippen LogP contribution in [-0.2, 0) is 21.8 Å². The Morgan fingerprint density at radius 3 is 0.759 bits per heavy atom. The molecule has 0 aliphatic heterocycles. The number of hydrogen-bond donors (Lipinski definition) is 0. The van der Waals surface area contributed by atoms with Crippen molar-refractivity contribution in [1.29, 1.82) is 0 Å². The van der Waals surface area contributed by atoms with Gasteiger partial charge >= 0.3 is 190 Å². The average Bonchev–Trinajstić information content (AvgIpc) is 2.71. The van der Waals surface area contributed by atoms with Crippen LogP contribution in [0.5, 0.6) is 0 Å². The van der Waals surface area contributed by atoms with Gasteiger partial charge in [-0.05, 0) is 0 Å². The second-order valence-electron chi connectivity index (χ2n) is 9.36. The summed E-state index contributed by atoms with van der Waals surface area (Å²) in [4.78, 5) is 0. The molecule has 0 aromatic rings. The molecule has 0 fully saturated rings. The SMILES string of the molecule is CCCCCCCC[CH2][Zr+]([CH2]CCCCCCCC)[CH2]CCCCCCCC.[OH-]. The number of hydrogen-bond acceptors (Lipinski definition) is 1. The van der Waals surface area contributed by atoms with Crippen molar-refractivity contribution in [2.75, 3.05) is 0 Å². The van der Waals surface area contributed by atoms with Crippen LogP contribution in [0.15, 0.2) is 0 Å². The van der Waals surface area contributed by atoms with Gasteiger partial charge in [-0.1, -0.05) is 0 Å². The molecule has 0 aromatic carbocycles. The van der Waals surface area contributed by atoms with E-state index in [4.69, 9.17) is 0 Å². The zero-order valence-electron chi connectivity index (χ0n) is 20.9. The monoisotopic (exact) mass is 488 g/mol. The molecule has 0 saturated heterocycles. The summed E-state index contributed by atoms with van der Waals surface area (Å²) in [6.07, 6.45) is 31.4. The maximum atomic E-state index is 2.33. The third-order valence-electron chi connectivity index (χ3n) is 6.40. The number of rotatable bonds is 24. The van der Waals surface area contributed by atoms with Crippen LogP contribution in [0.3, 0.4) is 0 Å². The van der Waals surface area contributed by atoms with Crippen LogP contribution >= 0.6 is 0 Å². The number of unbranched alkanes of at least 4 members (excludes halogenated alkanes) is 18. The second kappa shape index (κ2) is 28.8. The van der Waals surface area contributed by atoms with E-state index in [1.54, 1.807) is 50.9 Å². The first-order valence-corrected chi connectivity index (χ1v) is 18.9. The van der Waals surface area contributed by atoms with Gasteiger partial charge in [0.15, 0.2) is 0 Å². The topological polar surface area (TPSA) is 30.0 Å². The van der Waals surface area contributed by atoms with Crippen LogP contribution in [0.1, 0.15) is 156 Å². The molecule has 0 rings (SSSR count). The summed E-state index contributed by atoms with van der Waals surface area (Å²) >= 11 is -1.04. The maximum absolute atomic E-state index is 2.33.